The van der Waals surface area contributed by atoms with E-state index in [1.54, 1.807) is 0 Å². The first-order valence-electron chi connectivity index (χ1n) is 21.6. The quantitative estimate of drug-likeness (QED) is 0.00758. The minimum atomic E-state index is -5.95. The van der Waals surface area contributed by atoms with E-state index in [4.69, 9.17) is 14.7 Å². The number of hydrogen-bond acceptors (Lipinski definition) is 36. The number of methoxy groups -OCH3 is 1. The fraction of sp³-hybridized carbons (Fsp3) is 0.0233. The number of aromatic hydroxyl groups is 3. The van der Waals surface area contributed by atoms with Crippen LogP contribution in [0.1, 0.15) is 0 Å². The molecule has 440 valence electrons. The Morgan fingerprint density at radius 3 is 1.62 bits per heavy atom. The van der Waals surface area contributed by atoms with E-state index in [2.05, 4.69) is 59.7 Å². The van der Waals surface area contributed by atoms with E-state index in [1.165, 1.54) is 61.7 Å². The predicted molar refractivity (Wildman–Crippen MR) is 275 cm³/mol. The van der Waals surface area contributed by atoms with Crippen LogP contribution >= 0.6 is 24.1 Å². The van der Waals surface area contributed by atoms with Crippen molar-refractivity contribution in [3.05, 3.63) is 97.1 Å². The number of nitrogens with two attached hydrogens (primary N) is 1. The molecule has 0 aliphatic heterocycles. The topological polar surface area (TPSA) is 556 Å². The minimum absolute atomic E-state index is 0. The van der Waals surface area contributed by atoms with Gasteiger partial charge in [0.05, 0.1) is 77.3 Å². The van der Waals surface area contributed by atoms with Crippen LogP contribution in [-0.4, -0.2) is 83.1 Å². The Bertz CT molecular complexity index is 4690. The predicted octanol–water partition coefficient (Wildman–Crippen LogP) is -14.2. The molecule has 0 aliphatic rings. The summed E-state index contributed by atoms with van der Waals surface area (Å²) in [6, 6.07) is 16.2. The third kappa shape index (κ3) is 21.0. The molecule has 0 saturated heterocycles. The largest absolute Gasteiger partial charge is 1.00 e. The van der Waals surface area contributed by atoms with Crippen LogP contribution in [-0.2, 0) is 70.6 Å². The first kappa shape index (κ1) is 88.0. The second-order valence-electron chi connectivity index (χ2n) is 16.0. The van der Waals surface area contributed by atoms with Gasteiger partial charge < -0.3 is 63.3 Å². The van der Waals surface area contributed by atoms with Crippen LogP contribution in [0.2, 0.25) is 0 Å². The summed E-state index contributed by atoms with van der Waals surface area (Å²) in [6.07, 6.45) is 0. The van der Waals surface area contributed by atoms with E-state index in [1.807, 2.05) is 0 Å². The summed E-state index contributed by atoms with van der Waals surface area (Å²) in [5, 5.41) is 89.5. The number of phenolic OH excluding ortho intramolecular Hbond substituents is 3. The van der Waals surface area contributed by atoms with Crippen LogP contribution in [0.4, 0.5) is 51.2 Å². The third-order valence-electron chi connectivity index (χ3n) is 11.1. The standard InChI is InChI=1S/C43H31N9O25S7.7Na/c1-72-21-7-10-25(29(16-21)78-76-74-56)46-52-39-33(83(66,67)68)17-24-23(41(39)54)9-11-27(43(24)84(69,70)71)48-51-38-32(82(63,64)65)15-19-13-28(73-80(58)59)36(42(55)34(19)35(38)44)49-45-20-6-8-22-18(12-20)14-30(79-77-75-57)37(40(22)53)50-47-26-4-2-3-5-31(26)81(60,61)62;;;;;;;/h2-17,53-57H,44H2,1H3,(H,58,59)(H,60,61,62)(H,63,64,65)(H,66,67,68)(H,69,70,71);;;;;;;/q;7*+1/p-7. The zero-order chi connectivity index (χ0) is 61.2. The monoisotopic (exact) mass is 1450 g/mol. The molecule has 1 atom stereocenters. The average Bonchev–Trinajstić information content (AvgIpc) is 0.782. The molecule has 8 rings (SSSR count). The van der Waals surface area contributed by atoms with Crippen molar-refractivity contribution in [2.24, 2.45) is 40.9 Å². The maximum atomic E-state index is 13.0. The zero-order valence-electron chi connectivity index (χ0n) is 47.6. The molecule has 0 aromatic heterocycles. The fourth-order valence-corrected chi connectivity index (χ4v) is 11.6. The van der Waals surface area contributed by atoms with E-state index >= 15 is 0 Å². The van der Waals surface area contributed by atoms with Gasteiger partial charge in [-0.3, -0.25) is 10.1 Å². The van der Waals surface area contributed by atoms with Crippen molar-refractivity contribution in [3.8, 4) is 28.7 Å². The normalized spacial score (nSPS) is 12.2. The van der Waals surface area contributed by atoms with Crippen molar-refractivity contribution in [1.29, 1.82) is 0 Å². The van der Waals surface area contributed by atoms with Gasteiger partial charge in [0.2, 0.25) is 0 Å². The number of nitrogens with zero attached hydrogens (tertiary/aromatic N) is 8. The number of phenols is 3. The Hall–Kier alpha value is -1.05. The first-order valence-corrected chi connectivity index (χ1v) is 29.7. The van der Waals surface area contributed by atoms with Crippen LogP contribution in [0.25, 0.3) is 32.3 Å². The number of fused-ring (bicyclic) bond motifs is 3. The van der Waals surface area contributed by atoms with Crippen LogP contribution in [0.3, 0.4) is 0 Å². The number of ether oxygens (including phenoxy) is 1. The summed E-state index contributed by atoms with van der Waals surface area (Å²) in [7, 11) is -21.3. The maximum absolute atomic E-state index is 13.0. The van der Waals surface area contributed by atoms with Crippen molar-refractivity contribution in [2.45, 2.75) is 29.4 Å². The molecule has 0 aliphatic carbocycles. The summed E-state index contributed by atoms with van der Waals surface area (Å²) >= 11 is -3.03. The summed E-state index contributed by atoms with van der Waals surface area (Å²) in [5.41, 5.74) is -0.218. The molecule has 0 fully saturated rings. The number of hydrogen-bond donors (Lipinski definition) is 4. The van der Waals surface area contributed by atoms with Crippen LogP contribution < -0.4 is 232 Å². The molecular weight excluding hydrogens is 1430 g/mol. The summed E-state index contributed by atoms with van der Waals surface area (Å²) in [5.74, 6) is -3.83. The average molecular weight is 1450 g/mol. The second-order valence-corrected chi connectivity index (χ2v) is 23.4. The number of anilines is 1. The Kier molecular flexibility index (Phi) is 36.0. The molecule has 0 bridgehead atoms. The van der Waals surface area contributed by atoms with Crippen LogP contribution in [0, 0.1) is 0 Å². The van der Waals surface area contributed by atoms with Crippen LogP contribution in [0.5, 0.6) is 28.7 Å². The molecule has 8 aromatic rings. The Balaban J connectivity index is 0.00000591. The maximum Gasteiger partial charge on any atom is 1.00 e. The molecule has 91 heavy (non-hydrogen) atoms. The van der Waals surface area contributed by atoms with E-state index in [9.17, 15) is 86.5 Å². The third-order valence-corrected chi connectivity index (χ3v) is 16.2. The molecule has 8 aromatic carbocycles. The van der Waals surface area contributed by atoms with Gasteiger partial charge in [-0.05, 0) is 95.7 Å². The van der Waals surface area contributed by atoms with Gasteiger partial charge in [-0.25, -0.2) is 37.9 Å². The van der Waals surface area contributed by atoms with Gasteiger partial charge in [-0.1, -0.05) is 12.1 Å². The molecular formula is C43H24N9Na7O25S7. The van der Waals surface area contributed by atoms with Gasteiger partial charge in [0.25, 0.3) is 0 Å². The van der Waals surface area contributed by atoms with Gasteiger partial charge >= 0.3 is 207 Å². The minimum Gasteiger partial charge on any atom is -0.744 e. The zero-order valence-corrected chi connectivity index (χ0v) is 67.3. The van der Waals surface area contributed by atoms with Crippen molar-refractivity contribution in [2.75, 3.05) is 12.8 Å². The molecule has 34 nitrogen and oxygen atoms in total. The van der Waals surface area contributed by atoms with Crippen molar-refractivity contribution < 1.29 is 321 Å². The van der Waals surface area contributed by atoms with Gasteiger partial charge in [0, 0.05) is 16.2 Å². The van der Waals surface area contributed by atoms with E-state index in [-0.39, 0.29) is 269 Å². The smallest absolute Gasteiger partial charge is 0.744 e. The van der Waals surface area contributed by atoms with Crippen molar-refractivity contribution >= 4 is 159 Å². The Morgan fingerprint density at radius 1 is 0.495 bits per heavy atom. The van der Waals surface area contributed by atoms with Gasteiger partial charge in [0.1, 0.15) is 91.7 Å². The molecule has 1 unspecified atom stereocenters. The number of benzene rings is 8. The fourth-order valence-electron chi connectivity index (χ4n) is 7.65. The summed E-state index contributed by atoms with van der Waals surface area (Å²) in [6.45, 7) is 0. The Morgan fingerprint density at radius 2 is 1.02 bits per heavy atom. The second kappa shape index (κ2) is 37.2. The number of azo groups is 4. The molecule has 48 heteroatoms. The summed E-state index contributed by atoms with van der Waals surface area (Å²) < 4.78 is 193. The van der Waals surface area contributed by atoms with Crippen LogP contribution in [0.15, 0.2) is 167 Å². The van der Waals surface area contributed by atoms with E-state index in [0.29, 0.717) is 24.3 Å². The van der Waals surface area contributed by atoms with Gasteiger partial charge in [-0.2, -0.15) is 13.8 Å². The molecule has 5 N–H and O–H groups in total. The van der Waals surface area contributed by atoms with Crippen molar-refractivity contribution in [1.82, 2.24) is 0 Å². The number of nitrogen functional groups attached to an aromatic ring is 1. The van der Waals surface area contributed by atoms with Crippen molar-refractivity contribution in [3.63, 3.8) is 0 Å². The van der Waals surface area contributed by atoms with E-state index < -0.39 is 156 Å². The molecule has 0 amide bonds. The van der Waals surface area contributed by atoms with Gasteiger partial charge in [0.15, 0.2) is 28.7 Å². The Labute approximate surface area is 678 Å². The molecule has 0 heterocycles. The summed E-state index contributed by atoms with van der Waals surface area (Å²) in [4.78, 5) is -5.43. The molecule has 0 saturated carbocycles. The van der Waals surface area contributed by atoms with Gasteiger partial charge in [-0.15, -0.1) is 35.8 Å². The molecule has 0 spiro atoms. The molecule has 0 radical (unpaired) electrons. The number of rotatable bonds is 21. The SMILES string of the molecule is COc1ccc(N=Nc2c(S(=O)(=O)[O-])cc3c(S(=O)(=O)[O-])c(N=Nc4c(S(=O)(=O)[O-])cc5cc(OS(=O)[O-])c(N=Nc6ccc7c(O)c(N=Nc8ccccc8S(=O)(=O)[O-])c(SOO[O-])cc7c6)c(O)c5c4N)ccc3c2O)c(SOO[O-])c1.[Na+].[Na+].[Na+].[Na+].[Na+].[Na+].[Na+]. The first-order chi connectivity index (χ1) is 39.5. The van der Waals surface area contributed by atoms with E-state index in [0.717, 1.165) is 18.2 Å².